The Balaban J connectivity index is 1.91. The maximum atomic E-state index is 12.6. The van der Waals surface area contributed by atoms with Crippen LogP contribution in [0, 0.1) is 0 Å². The molecule has 0 unspecified atom stereocenters. The van der Waals surface area contributed by atoms with Gasteiger partial charge < -0.3 is 29.4 Å². The number of nitrogens with zero attached hydrogens (tertiary/aromatic N) is 3. The van der Waals surface area contributed by atoms with Gasteiger partial charge in [-0.2, -0.15) is 0 Å². The summed E-state index contributed by atoms with van der Waals surface area (Å²) in [6.07, 6.45) is 0.153. The van der Waals surface area contributed by atoms with Gasteiger partial charge in [0.05, 0.1) is 25.4 Å². The van der Waals surface area contributed by atoms with Crippen LogP contribution >= 0.6 is 23.2 Å². The molecule has 3 rings (SSSR count). The quantitative estimate of drug-likeness (QED) is 0.366. The summed E-state index contributed by atoms with van der Waals surface area (Å²) in [6.45, 7) is 12.4. The minimum Gasteiger partial charge on any atom is -0.506 e. The topological polar surface area (TPSA) is 106 Å². The van der Waals surface area contributed by atoms with Crippen molar-refractivity contribution in [2.24, 2.45) is 0 Å². The van der Waals surface area contributed by atoms with Gasteiger partial charge in [0, 0.05) is 24.2 Å². The zero-order valence-electron chi connectivity index (χ0n) is 21.7. The van der Waals surface area contributed by atoms with Crippen LogP contribution in [0.1, 0.15) is 75.9 Å². The Labute approximate surface area is 221 Å². The van der Waals surface area contributed by atoms with Gasteiger partial charge >= 0.3 is 12.1 Å². The van der Waals surface area contributed by atoms with Gasteiger partial charge in [-0.1, -0.05) is 44.0 Å². The van der Waals surface area contributed by atoms with E-state index < -0.39 is 17.7 Å². The molecule has 9 nitrogen and oxygen atoms in total. The maximum Gasteiger partial charge on any atom is 0.410 e. The van der Waals surface area contributed by atoms with Gasteiger partial charge in [-0.15, -0.1) is 0 Å². The van der Waals surface area contributed by atoms with Crippen molar-refractivity contribution in [3.8, 4) is 5.75 Å². The fraction of sp³-hybridized carbons (Fsp3) is 0.560. The number of phenolic OH excluding ortho intramolecular Hbond substituents is 1. The summed E-state index contributed by atoms with van der Waals surface area (Å²) < 4.78 is 12.2. The van der Waals surface area contributed by atoms with Crippen LogP contribution in [0.5, 0.6) is 5.75 Å². The van der Waals surface area contributed by atoms with E-state index in [-0.39, 0.29) is 34.6 Å². The highest BCUT2D eigenvalue weighted by Gasteiger charge is 2.35. The number of anilines is 1. The van der Waals surface area contributed by atoms with Crippen LogP contribution in [-0.4, -0.2) is 57.4 Å². The van der Waals surface area contributed by atoms with Crippen molar-refractivity contribution in [1.82, 2.24) is 14.5 Å². The first kappa shape index (κ1) is 27.9. The molecule has 11 heteroatoms. The number of amides is 1. The van der Waals surface area contributed by atoms with Crippen molar-refractivity contribution in [1.29, 1.82) is 0 Å². The molecule has 1 atom stereocenters. The lowest BCUT2D eigenvalue weighted by Crippen LogP contribution is -2.35. The SMILES string of the molecule is COC(=O)c1c(Cl)nc(CNc2cc(C(C)(C)C)c(Cl)cc2O)n1[C@@H]1CCN(C(=O)OC(C)(C)C)C1. The Kier molecular flexibility index (Phi) is 8.05. The predicted octanol–water partition coefficient (Wildman–Crippen LogP) is 5.77. The predicted molar refractivity (Wildman–Crippen MR) is 139 cm³/mol. The van der Waals surface area contributed by atoms with Crippen molar-refractivity contribution >= 4 is 41.0 Å². The molecule has 1 aromatic carbocycles. The van der Waals surface area contributed by atoms with E-state index in [2.05, 4.69) is 10.3 Å². The minimum atomic E-state index is -0.626. The summed E-state index contributed by atoms with van der Waals surface area (Å²) in [5, 5.41) is 14.1. The first-order valence-corrected chi connectivity index (χ1v) is 12.5. The third-order valence-corrected chi connectivity index (χ3v) is 6.41. The Morgan fingerprint density at radius 2 is 1.86 bits per heavy atom. The summed E-state index contributed by atoms with van der Waals surface area (Å²) >= 11 is 12.7. The van der Waals surface area contributed by atoms with Gasteiger partial charge in [-0.3, -0.25) is 0 Å². The number of esters is 1. The van der Waals surface area contributed by atoms with Crippen LogP contribution in [-0.2, 0) is 21.4 Å². The average Bonchev–Trinajstić information content (AvgIpc) is 3.35. The van der Waals surface area contributed by atoms with E-state index in [0.29, 0.717) is 36.0 Å². The van der Waals surface area contributed by atoms with Gasteiger partial charge in [0.25, 0.3) is 0 Å². The number of phenols is 1. The molecule has 2 N–H and O–H groups in total. The number of hydrogen-bond acceptors (Lipinski definition) is 7. The number of aromatic hydroxyl groups is 1. The van der Waals surface area contributed by atoms with Crippen molar-refractivity contribution in [2.75, 3.05) is 25.5 Å². The van der Waals surface area contributed by atoms with E-state index in [1.54, 1.807) is 15.5 Å². The van der Waals surface area contributed by atoms with Crippen LogP contribution in [0.3, 0.4) is 0 Å². The third-order valence-electron chi connectivity index (χ3n) is 5.83. The van der Waals surface area contributed by atoms with E-state index in [4.69, 9.17) is 32.7 Å². The number of aromatic nitrogens is 2. The maximum absolute atomic E-state index is 12.6. The number of hydrogen-bond donors (Lipinski definition) is 2. The van der Waals surface area contributed by atoms with Crippen LogP contribution in [0.4, 0.5) is 10.5 Å². The number of rotatable bonds is 5. The number of benzene rings is 1. The molecule has 0 radical (unpaired) electrons. The Morgan fingerprint density at radius 1 is 1.19 bits per heavy atom. The molecule has 198 valence electrons. The fourth-order valence-electron chi connectivity index (χ4n) is 4.14. The number of methoxy groups -OCH3 is 1. The zero-order chi connectivity index (χ0) is 27.0. The highest BCUT2D eigenvalue weighted by Crippen LogP contribution is 2.37. The highest BCUT2D eigenvalue weighted by molar-refractivity contribution is 6.32. The first-order chi connectivity index (χ1) is 16.6. The molecule has 1 amide bonds. The molecule has 0 spiro atoms. The average molecular weight is 541 g/mol. The molecule has 1 aliphatic heterocycles. The first-order valence-electron chi connectivity index (χ1n) is 11.7. The molecule has 0 aliphatic carbocycles. The van der Waals surface area contributed by atoms with Gasteiger partial charge in [-0.05, 0) is 44.2 Å². The molecule has 1 aliphatic rings. The summed E-state index contributed by atoms with van der Waals surface area (Å²) in [4.78, 5) is 31.2. The van der Waals surface area contributed by atoms with E-state index in [1.807, 2.05) is 41.5 Å². The molecule has 2 aromatic rings. The monoisotopic (exact) mass is 540 g/mol. The summed E-state index contributed by atoms with van der Waals surface area (Å²) in [6, 6.07) is 3.03. The Morgan fingerprint density at radius 3 is 2.44 bits per heavy atom. The molecule has 1 aromatic heterocycles. The second-order valence-electron chi connectivity index (χ2n) is 10.9. The number of imidazole rings is 1. The Hall–Kier alpha value is -2.65. The normalized spacial score (nSPS) is 16.2. The van der Waals surface area contributed by atoms with Crippen LogP contribution in [0.2, 0.25) is 10.2 Å². The van der Waals surface area contributed by atoms with Gasteiger partial charge in [0.1, 0.15) is 17.2 Å². The standard InChI is InChI=1S/C25H34Cl2N4O5/c1-24(2,3)15-10-17(18(32)11-16(15)26)28-12-19-29-21(27)20(22(33)35-7)31(19)14-8-9-30(13-14)23(34)36-25(4,5)6/h10-11,14,28,32H,8-9,12-13H2,1-7H3/t14-/m1/s1. The second-order valence-corrected chi connectivity index (χ2v) is 11.6. The third kappa shape index (κ3) is 6.18. The van der Waals surface area contributed by atoms with Crippen molar-refractivity contribution in [3.63, 3.8) is 0 Å². The largest absolute Gasteiger partial charge is 0.506 e. The molecule has 1 fully saturated rings. The second kappa shape index (κ2) is 10.4. The molecule has 1 saturated heterocycles. The number of likely N-dealkylation sites (tertiary alicyclic amines) is 1. The van der Waals surface area contributed by atoms with Gasteiger partial charge in [0.2, 0.25) is 0 Å². The highest BCUT2D eigenvalue weighted by atomic mass is 35.5. The molecular weight excluding hydrogens is 507 g/mol. The number of carbonyl (C=O) groups excluding carboxylic acids is 2. The number of ether oxygens (including phenoxy) is 2. The van der Waals surface area contributed by atoms with Crippen LogP contribution < -0.4 is 5.32 Å². The van der Waals surface area contributed by atoms with Crippen molar-refractivity contribution in [2.45, 2.75) is 71.6 Å². The molecule has 36 heavy (non-hydrogen) atoms. The lowest BCUT2D eigenvalue weighted by molar-refractivity contribution is 0.0289. The smallest absolute Gasteiger partial charge is 0.410 e. The Bertz CT molecular complexity index is 1150. The molecular formula is C25H34Cl2N4O5. The van der Waals surface area contributed by atoms with Crippen LogP contribution in [0.15, 0.2) is 12.1 Å². The lowest BCUT2D eigenvalue weighted by atomic mass is 9.86. The van der Waals surface area contributed by atoms with Crippen molar-refractivity contribution in [3.05, 3.63) is 39.4 Å². The number of nitrogens with one attached hydrogen (secondary N) is 1. The van der Waals surface area contributed by atoms with Gasteiger partial charge in [-0.25, -0.2) is 14.6 Å². The summed E-state index contributed by atoms with van der Waals surface area (Å²) in [7, 11) is 1.27. The van der Waals surface area contributed by atoms with E-state index >= 15 is 0 Å². The van der Waals surface area contributed by atoms with E-state index in [9.17, 15) is 14.7 Å². The number of carbonyl (C=O) groups is 2. The molecule has 0 saturated carbocycles. The van der Waals surface area contributed by atoms with Crippen molar-refractivity contribution < 1.29 is 24.2 Å². The molecule has 2 heterocycles. The zero-order valence-corrected chi connectivity index (χ0v) is 23.3. The van der Waals surface area contributed by atoms with E-state index in [1.165, 1.54) is 13.2 Å². The fourth-order valence-corrected chi connectivity index (χ4v) is 4.85. The van der Waals surface area contributed by atoms with Crippen LogP contribution in [0.25, 0.3) is 0 Å². The minimum absolute atomic E-state index is 0.00470. The summed E-state index contributed by atoms with van der Waals surface area (Å²) in [5.41, 5.74) is 0.589. The number of halogens is 2. The van der Waals surface area contributed by atoms with Gasteiger partial charge in [0.15, 0.2) is 10.8 Å². The molecule has 0 bridgehead atoms. The lowest BCUT2D eigenvalue weighted by Gasteiger charge is -2.25. The summed E-state index contributed by atoms with van der Waals surface area (Å²) in [5.74, 6) is -0.177. The van der Waals surface area contributed by atoms with E-state index in [0.717, 1.165) is 5.56 Å².